The van der Waals surface area contributed by atoms with E-state index in [1.807, 2.05) is 30.3 Å². The van der Waals surface area contributed by atoms with E-state index in [1.165, 1.54) is 16.9 Å². The Labute approximate surface area is 159 Å². The van der Waals surface area contributed by atoms with Crippen LogP contribution in [0.2, 0.25) is 0 Å². The van der Waals surface area contributed by atoms with Gasteiger partial charge in [0.25, 0.3) is 5.91 Å². The Morgan fingerprint density at radius 3 is 2.44 bits per heavy atom. The number of ketones is 1. The van der Waals surface area contributed by atoms with Gasteiger partial charge in [0, 0.05) is 0 Å². The Morgan fingerprint density at radius 1 is 1.22 bits per heavy atom. The van der Waals surface area contributed by atoms with Crippen molar-refractivity contribution in [3.63, 3.8) is 0 Å². The molecule has 3 rings (SSSR count). The third kappa shape index (κ3) is 3.69. The number of rotatable bonds is 4. The number of nitrogens with zero attached hydrogens (tertiary/aromatic N) is 2. The summed E-state index contributed by atoms with van der Waals surface area (Å²) < 4.78 is 5.47. The van der Waals surface area contributed by atoms with Gasteiger partial charge < -0.3 is 4.74 Å². The lowest BCUT2D eigenvalue weighted by molar-refractivity contribution is -0.241. The zero-order chi connectivity index (χ0) is 19.8. The van der Waals surface area contributed by atoms with Gasteiger partial charge in [-0.1, -0.05) is 30.3 Å². The topological polar surface area (TPSA) is 76.2 Å². The summed E-state index contributed by atoms with van der Waals surface area (Å²) in [5.74, 6) is -0.442. The molecule has 0 N–H and O–H groups in total. The van der Waals surface area contributed by atoms with Crippen molar-refractivity contribution in [1.82, 2.24) is 9.96 Å². The molecule has 1 aromatic carbocycles. The van der Waals surface area contributed by atoms with E-state index >= 15 is 0 Å². The highest BCUT2D eigenvalue weighted by atomic mass is 16.7. The van der Waals surface area contributed by atoms with Crippen molar-refractivity contribution in [2.45, 2.75) is 64.3 Å². The average Bonchev–Trinajstić information content (AvgIpc) is 3.00. The SMILES string of the molecule is CC(=O)C1CCC2(CN(OCc3ccccc3)C2=O)N1C(=O)OC(C)(C)C. The van der Waals surface area contributed by atoms with Crippen molar-refractivity contribution in [1.29, 1.82) is 0 Å². The van der Waals surface area contributed by atoms with Crippen LogP contribution in [0.5, 0.6) is 0 Å². The van der Waals surface area contributed by atoms with Gasteiger partial charge in [-0.3, -0.25) is 19.3 Å². The van der Waals surface area contributed by atoms with E-state index in [-0.39, 0.29) is 24.8 Å². The molecule has 146 valence electrons. The number of hydrogen-bond acceptors (Lipinski definition) is 5. The summed E-state index contributed by atoms with van der Waals surface area (Å²) in [6, 6.07) is 8.89. The van der Waals surface area contributed by atoms with E-state index < -0.39 is 23.3 Å². The molecule has 2 saturated heterocycles. The van der Waals surface area contributed by atoms with Gasteiger partial charge in [0.2, 0.25) is 0 Å². The quantitative estimate of drug-likeness (QED) is 0.758. The van der Waals surface area contributed by atoms with Crippen LogP contribution < -0.4 is 0 Å². The zero-order valence-electron chi connectivity index (χ0n) is 16.2. The van der Waals surface area contributed by atoms with Gasteiger partial charge in [-0.2, -0.15) is 0 Å². The maximum Gasteiger partial charge on any atom is 0.411 e. The molecule has 0 radical (unpaired) electrons. The molecule has 2 atom stereocenters. The zero-order valence-corrected chi connectivity index (χ0v) is 16.2. The first-order chi connectivity index (χ1) is 12.6. The first kappa shape index (κ1) is 19.4. The summed E-state index contributed by atoms with van der Waals surface area (Å²) in [5.41, 5.74) is -0.809. The summed E-state index contributed by atoms with van der Waals surface area (Å²) in [7, 11) is 0. The number of amides is 2. The maximum absolute atomic E-state index is 12.9. The van der Waals surface area contributed by atoms with Crippen molar-refractivity contribution in [3.05, 3.63) is 35.9 Å². The third-order valence-corrected chi connectivity index (χ3v) is 4.92. The summed E-state index contributed by atoms with van der Waals surface area (Å²) in [6.07, 6.45) is 0.254. The fraction of sp³-hybridized carbons (Fsp3) is 0.550. The van der Waals surface area contributed by atoms with Gasteiger partial charge in [0.05, 0.1) is 12.6 Å². The standard InChI is InChI=1S/C20H26N2O5/c1-14(23)16-10-11-20(22(16)18(25)27-19(2,3)4)13-21(17(20)24)26-12-15-8-6-5-7-9-15/h5-9,16H,10-13H2,1-4H3. The van der Waals surface area contributed by atoms with Crippen molar-refractivity contribution in [3.8, 4) is 0 Å². The highest BCUT2D eigenvalue weighted by molar-refractivity contribution is 5.98. The molecule has 2 aliphatic heterocycles. The molecule has 0 aliphatic carbocycles. The highest BCUT2D eigenvalue weighted by Crippen LogP contribution is 2.43. The fourth-order valence-corrected chi connectivity index (χ4v) is 3.64. The molecule has 2 fully saturated rings. The molecule has 27 heavy (non-hydrogen) atoms. The van der Waals surface area contributed by atoms with E-state index in [0.717, 1.165) is 5.56 Å². The molecule has 1 spiro atoms. The Kier molecular flexibility index (Phi) is 4.99. The van der Waals surface area contributed by atoms with Crippen LogP contribution in [-0.4, -0.2) is 51.5 Å². The second-order valence-corrected chi connectivity index (χ2v) is 8.15. The highest BCUT2D eigenvalue weighted by Gasteiger charge is 2.64. The van der Waals surface area contributed by atoms with Gasteiger partial charge in [-0.25, -0.2) is 9.86 Å². The minimum Gasteiger partial charge on any atom is -0.444 e. The van der Waals surface area contributed by atoms with Crippen LogP contribution in [0.3, 0.4) is 0 Å². The average molecular weight is 374 g/mol. The Hall–Kier alpha value is -2.41. The first-order valence-corrected chi connectivity index (χ1v) is 9.16. The van der Waals surface area contributed by atoms with Gasteiger partial charge in [-0.05, 0) is 46.1 Å². The Morgan fingerprint density at radius 2 is 1.89 bits per heavy atom. The van der Waals surface area contributed by atoms with Crippen LogP contribution in [-0.2, 0) is 25.8 Å². The molecule has 7 nitrogen and oxygen atoms in total. The predicted molar refractivity (Wildman–Crippen MR) is 97.5 cm³/mol. The smallest absolute Gasteiger partial charge is 0.411 e. The Bertz CT molecular complexity index is 742. The normalized spacial score (nSPS) is 24.9. The minimum atomic E-state index is -1.05. The number of benzene rings is 1. The second-order valence-electron chi connectivity index (χ2n) is 8.15. The second kappa shape index (κ2) is 6.96. The first-order valence-electron chi connectivity index (χ1n) is 9.16. The summed E-state index contributed by atoms with van der Waals surface area (Å²) >= 11 is 0. The van der Waals surface area contributed by atoms with Gasteiger partial charge >= 0.3 is 6.09 Å². The van der Waals surface area contributed by atoms with Crippen molar-refractivity contribution in [2.75, 3.05) is 6.54 Å². The van der Waals surface area contributed by atoms with Crippen LogP contribution in [0, 0.1) is 0 Å². The fourth-order valence-electron chi connectivity index (χ4n) is 3.64. The van der Waals surface area contributed by atoms with Crippen LogP contribution in [0.15, 0.2) is 30.3 Å². The van der Waals surface area contributed by atoms with Crippen molar-refractivity contribution in [2.24, 2.45) is 0 Å². The maximum atomic E-state index is 12.9. The molecule has 2 aliphatic rings. The summed E-state index contributed by atoms with van der Waals surface area (Å²) in [6.45, 7) is 7.22. The molecule has 1 aromatic rings. The number of ether oxygens (including phenoxy) is 1. The number of carbonyl (C=O) groups is 3. The van der Waals surface area contributed by atoms with Crippen LogP contribution in [0.1, 0.15) is 46.1 Å². The van der Waals surface area contributed by atoms with E-state index in [2.05, 4.69) is 0 Å². The number of Topliss-reactive ketones (excluding diaryl/α,β-unsaturated/α-hetero) is 1. The number of carbonyl (C=O) groups excluding carboxylic acids is 3. The van der Waals surface area contributed by atoms with E-state index in [9.17, 15) is 14.4 Å². The molecule has 0 bridgehead atoms. The van der Waals surface area contributed by atoms with E-state index in [4.69, 9.17) is 9.57 Å². The molecule has 2 amide bonds. The van der Waals surface area contributed by atoms with Gasteiger partial charge in [-0.15, -0.1) is 0 Å². The molecule has 2 unspecified atom stereocenters. The van der Waals surface area contributed by atoms with Gasteiger partial charge in [0.1, 0.15) is 17.7 Å². The number of hydroxylamine groups is 2. The van der Waals surface area contributed by atoms with E-state index in [0.29, 0.717) is 12.8 Å². The largest absolute Gasteiger partial charge is 0.444 e. The Balaban J connectivity index is 1.73. The molecule has 7 heteroatoms. The monoisotopic (exact) mass is 374 g/mol. The van der Waals surface area contributed by atoms with Crippen molar-refractivity contribution < 1.29 is 24.0 Å². The van der Waals surface area contributed by atoms with E-state index in [1.54, 1.807) is 20.8 Å². The van der Waals surface area contributed by atoms with Crippen LogP contribution in [0.25, 0.3) is 0 Å². The molecule has 0 aromatic heterocycles. The third-order valence-electron chi connectivity index (χ3n) is 4.92. The molecule has 2 heterocycles. The lowest BCUT2D eigenvalue weighted by Crippen LogP contribution is -2.74. The lowest BCUT2D eigenvalue weighted by atomic mass is 9.88. The number of hydrogen-bond donors (Lipinski definition) is 0. The minimum absolute atomic E-state index is 0.144. The molecular formula is C20H26N2O5. The van der Waals surface area contributed by atoms with Crippen LogP contribution >= 0.6 is 0 Å². The van der Waals surface area contributed by atoms with Crippen molar-refractivity contribution >= 4 is 17.8 Å². The lowest BCUT2D eigenvalue weighted by Gasteiger charge is -2.50. The van der Waals surface area contributed by atoms with Gasteiger partial charge in [0.15, 0.2) is 5.78 Å². The number of likely N-dealkylation sites (tertiary alicyclic amines) is 1. The predicted octanol–water partition coefficient (Wildman–Crippen LogP) is 2.69. The number of β-lactam (4-membered cyclic amide) rings is 1. The summed E-state index contributed by atoms with van der Waals surface area (Å²) in [4.78, 5) is 44.6. The summed E-state index contributed by atoms with van der Waals surface area (Å²) in [5, 5.41) is 1.27. The van der Waals surface area contributed by atoms with Crippen LogP contribution in [0.4, 0.5) is 4.79 Å². The molecular weight excluding hydrogens is 348 g/mol. The molecule has 0 saturated carbocycles.